The van der Waals surface area contributed by atoms with Crippen LogP contribution >= 0.6 is 11.6 Å². The zero-order valence-corrected chi connectivity index (χ0v) is 17.7. The molecule has 2 fully saturated rings. The summed E-state index contributed by atoms with van der Waals surface area (Å²) in [4.78, 5) is 14.7. The smallest absolute Gasteiger partial charge is 0.238 e. The molecule has 6 nitrogen and oxygen atoms in total. The van der Waals surface area contributed by atoms with Gasteiger partial charge < -0.3 is 19.5 Å². The van der Waals surface area contributed by atoms with E-state index >= 15 is 0 Å². The van der Waals surface area contributed by atoms with Gasteiger partial charge in [0.1, 0.15) is 0 Å². The van der Waals surface area contributed by atoms with Crippen LogP contribution in [0.25, 0.3) is 0 Å². The van der Waals surface area contributed by atoms with E-state index in [-0.39, 0.29) is 5.91 Å². The monoisotopic (exact) mass is 422 g/mol. The van der Waals surface area contributed by atoms with Crippen LogP contribution in [0.5, 0.6) is 11.5 Å². The molecule has 0 radical (unpaired) electrons. The van der Waals surface area contributed by atoms with E-state index in [0.717, 1.165) is 32.4 Å². The minimum atomic E-state index is -0.0620. The third kappa shape index (κ3) is 5.77. The number of hydrogen-bond donors (Lipinski definition) is 1. The lowest BCUT2D eigenvalue weighted by atomic mass is 9.97. The molecule has 1 saturated heterocycles. The van der Waals surface area contributed by atoms with Crippen LogP contribution in [0.3, 0.4) is 0 Å². The predicted octanol–water partition coefficient (Wildman–Crippen LogP) is 4.25. The van der Waals surface area contributed by atoms with Crippen LogP contribution in [0, 0.1) is 0 Å². The fraction of sp³-hybridized carbons (Fsp3) is 0.682. The van der Waals surface area contributed by atoms with Gasteiger partial charge >= 0.3 is 0 Å². The standard InChI is InChI=1S/C22H31ClN2O4/c23-18-13-20-21(28-12-4-11-27-20)14-19(18)24-22(26)15-25-9-7-17(8-10-25)29-16-5-2-1-3-6-16/h13-14,16-17H,1-12,15H2,(H,24,26). The number of nitrogens with one attached hydrogen (secondary N) is 1. The van der Waals surface area contributed by atoms with Gasteiger partial charge in [-0.2, -0.15) is 0 Å². The lowest BCUT2D eigenvalue weighted by Gasteiger charge is -2.34. The van der Waals surface area contributed by atoms with Crippen molar-refractivity contribution >= 4 is 23.2 Å². The van der Waals surface area contributed by atoms with Gasteiger partial charge in [-0.3, -0.25) is 9.69 Å². The topological polar surface area (TPSA) is 60.0 Å². The summed E-state index contributed by atoms with van der Waals surface area (Å²) in [5.74, 6) is 1.20. The van der Waals surface area contributed by atoms with Crippen molar-refractivity contribution in [2.24, 2.45) is 0 Å². The van der Waals surface area contributed by atoms with Gasteiger partial charge in [-0.25, -0.2) is 0 Å². The number of piperidine rings is 1. The van der Waals surface area contributed by atoms with Crippen molar-refractivity contribution in [3.63, 3.8) is 0 Å². The number of carbonyl (C=O) groups is 1. The first-order valence-corrected chi connectivity index (χ1v) is 11.3. The molecule has 1 amide bonds. The molecule has 0 bridgehead atoms. The summed E-state index contributed by atoms with van der Waals surface area (Å²) < 4.78 is 17.6. The summed E-state index contributed by atoms with van der Waals surface area (Å²) in [6.07, 6.45) is 9.97. The summed E-state index contributed by atoms with van der Waals surface area (Å²) in [6, 6.07) is 3.47. The van der Waals surface area contributed by atoms with Crippen LogP contribution < -0.4 is 14.8 Å². The number of nitrogens with zero attached hydrogens (tertiary/aromatic N) is 1. The number of fused-ring (bicyclic) bond motifs is 1. The Kier molecular flexibility index (Phi) is 7.16. The second-order valence-electron chi connectivity index (χ2n) is 8.25. The van der Waals surface area contributed by atoms with Crippen molar-refractivity contribution < 1.29 is 19.0 Å². The molecule has 1 aromatic carbocycles. The summed E-state index contributed by atoms with van der Waals surface area (Å²) in [6.45, 7) is 3.34. The van der Waals surface area contributed by atoms with Crippen LogP contribution in [-0.4, -0.2) is 55.9 Å². The van der Waals surface area contributed by atoms with Crippen molar-refractivity contribution in [2.45, 2.75) is 63.6 Å². The Morgan fingerprint density at radius 1 is 1.00 bits per heavy atom. The number of hydrogen-bond acceptors (Lipinski definition) is 5. The number of likely N-dealkylation sites (tertiary alicyclic amines) is 1. The Hall–Kier alpha value is -1.50. The number of rotatable bonds is 5. The van der Waals surface area contributed by atoms with Gasteiger partial charge in [-0.15, -0.1) is 0 Å². The van der Waals surface area contributed by atoms with Gasteiger partial charge in [-0.1, -0.05) is 30.9 Å². The van der Waals surface area contributed by atoms with E-state index in [1.165, 1.54) is 32.1 Å². The largest absolute Gasteiger partial charge is 0.490 e. The van der Waals surface area contributed by atoms with Crippen molar-refractivity contribution in [3.8, 4) is 11.5 Å². The van der Waals surface area contributed by atoms with Gasteiger partial charge in [0, 0.05) is 31.6 Å². The highest BCUT2D eigenvalue weighted by Crippen LogP contribution is 2.37. The fourth-order valence-electron chi connectivity index (χ4n) is 4.35. The number of benzene rings is 1. The summed E-state index contributed by atoms with van der Waals surface area (Å²) in [5.41, 5.74) is 0.566. The van der Waals surface area contributed by atoms with Gasteiger partial charge in [-0.05, 0) is 25.7 Å². The number of anilines is 1. The molecule has 2 aliphatic heterocycles. The Labute approximate surface area is 177 Å². The van der Waals surface area contributed by atoms with Gasteiger partial charge in [0.15, 0.2) is 11.5 Å². The van der Waals surface area contributed by atoms with Crippen LogP contribution in [0.1, 0.15) is 51.4 Å². The highest BCUT2D eigenvalue weighted by atomic mass is 35.5. The molecule has 1 aromatic rings. The molecular formula is C22H31ClN2O4. The maximum absolute atomic E-state index is 12.6. The normalized spacial score (nSPS) is 21.6. The van der Waals surface area contributed by atoms with E-state index in [1.807, 2.05) is 0 Å². The van der Waals surface area contributed by atoms with E-state index in [1.54, 1.807) is 12.1 Å². The van der Waals surface area contributed by atoms with Crippen LogP contribution in [-0.2, 0) is 9.53 Å². The summed E-state index contributed by atoms with van der Waals surface area (Å²) >= 11 is 6.33. The van der Waals surface area contributed by atoms with Crippen molar-refractivity contribution in [2.75, 3.05) is 38.2 Å². The molecule has 0 aromatic heterocycles. The molecule has 2 heterocycles. The van der Waals surface area contributed by atoms with Gasteiger partial charge in [0.05, 0.1) is 42.7 Å². The average Bonchev–Trinajstić information content (AvgIpc) is 2.95. The SMILES string of the molecule is O=C(CN1CCC(OC2CCCCC2)CC1)Nc1cc2c(cc1Cl)OCCCO2. The predicted molar refractivity (Wildman–Crippen MR) is 113 cm³/mol. The Balaban J connectivity index is 1.24. The first-order chi connectivity index (χ1) is 14.2. The highest BCUT2D eigenvalue weighted by molar-refractivity contribution is 6.34. The quantitative estimate of drug-likeness (QED) is 0.768. The first kappa shape index (κ1) is 20.8. The molecule has 3 aliphatic rings. The van der Waals surface area contributed by atoms with E-state index in [9.17, 15) is 4.79 Å². The first-order valence-electron chi connectivity index (χ1n) is 10.9. The van der Waals surface area contributed by atoms with E-state index in [4.69, 9.17) is 25.8 Å². The minimum absolute atomic E-state index is 0.0620. The summed E-state index contributed by atoms with van der Waals surface area (Å²) in [7, 11) is 0. The van der Waals surface area contributed by atoms with Crippen LogP contribution in [0.15, 0.2) is 12.1 Å². The van der Waals surface area contributed by atoms with Crippen molar-refractivity contribution in [3.05, 3.63) is 17.2 Å². The van der Waals surface area contributed by atoms with E-state index in [0.29, 0.717) is 54.2 Å². The molecule has 0 atom stereocenters. The lowest BCUT2D eigenvalue weighted by molar-refractivity contribution is -0.118. The molecule has 0 unspecified atom stereocenters. The zero-order valence-electron chi connectivity index (χ0n) is 17.0. The molecule has 7 heteroatoms. The van der Waals surface area contributed by atoms with Gasteiger partial charge in [0.25, 0.3) is 0 Å². The van der Waals surface area contributed by atoms with E-state index in [2.05, 4.69) is 10.2 Å². The Morgan fingerprint density at radius 2 is 1.66 bits per heavy atom. The van der Waals surface area contributed by atoms with Gasteiger partial charge in [0.2, 0.25) is 5.91 Å². The highest BCUT2D eigenvalue weighted by Gasteiger charge is 2.25. The van der Waals surface area contributed by atoms with Crippen molar-refractivity contribution in [1.29, 1.82) is 0 Å². The molecular weight excluding hydrogens is 392 g/mol. The molecule has 160 valence electrons. The maximum Gasteiger partial charge on any atom is 0.238 e. The number of carbonyl (C=O) groups excluding carboxylic acids is 1. The molecule has 1 aliphatic carbocycles. The Bertz CT molecular complexity index is 700. The molecule has 1 saturated carbocycles. The molecule has 0 spiro atoms. The molecule has 1 N–H and O–H groups in total. The lowest BCUT2D eigenvalue weighted by Crippen LogP contribution is -2.42. The van der Waals surface area contributed by atoms with Crippen molar-refractivity contribution in [1.82, 2.24) is 4.90 Å². The third-order valence-electron chi connectivity index (χ3n) is 5.95. The van der Waals surface area contributed by atoms with Crippen LogP contribution in [0.2, 0.25) is 5.02 Å². The second-order valence-corrected chi connectivity index (χ2v) is 8.66. The molecule has 29 heavy (non-hydrogen) atoms. The minimum Gasteiger partial charge on any atom is -0.490 e. The fourth-order valence-corrected chi connectivity index (χ4v) is 4.55. The number of ether oxygens (including phenoxy) is 3. The number of halogens is 1. The summed E-state index contributed by atoms with van der Waals surface area (Å²) in [5, 5.41) is 3.39. The number of amides is 1. The van der Waals surface area contributed by atoms with Crippen LogP contribution in [0.4, 0.5) is 5.69 Å². The van der Waals surface area contributed by atoms with E-state index < -0.39 is 0 Å². The zero-order chi connectivity index (χ0) is 20.1. The maximum atomic E-state index is 12.6. The third-order valence-corrected chi connectivity index (χ3v) is 6.26. The average molecular weight is 423 g/mol. The second kappa shape index (κ2) is 10.0. The molecule has 4 rings (SSSR count). The Morgan fingerprint density at radius 3 is 2.38 bits per heavy atom.